The third-order valence-electron chi connectivity index (χ3n) is 3.29. The van der Waals surface area contributed by atoms with Gasteiger partial charge in [0.15, 0.2) is 0 Å². The van der Waals surface area contributed by atoms with E-state index in [9.17, 15) is 9.59 Å². The summed E-state index contributed by atoms with van der Waals surface area (Å²) in [6.45, 7) is 8.34. The molecule has 0 aromatic heterocycles. The predicted molar refractivity (Wildman–Crippen MR) is 83.6 cm³/mol. The molecule has 0 bridgehead atoms. The number of rotatable bonds is 5. The lowest BCUT2D eigenvalue weighted by atomic mass is 9.87. The maximum atomic E-state index is 11.7. The molecule has 116 valence electrons. The molecule has 1 rings (SSSR count). The fraction of sp³-hybridized carbons (Fsp3) is 0.500. The van der Waals surface area contributed by atoms with Crippen molar-refractivity contribution in [3.63, 3.8) is 0 Å². The zero-order chi connectivity index (χ0) is 16.0. The molecule has 1 unspecified atom stereocenters. The highest BCUT2D eigenvalue weighted by Gasteiger charge is 2.13. The van der Waals surface area contributed by atoms with E-state index in [2.05, 4.69) is 31.4 Å². The smallest absolute Gasteiger partial charge is 0.319 e. The molecule has 1 aromatic rings. The topological polar surface area (TPSA) is 78.4 Å². The molecule has 0 aliphatic carbocycles. The summed E-state index contributed by atoms with van der Waals surface area (Å²) in [6, 6.07) is 7.38. The van der Waals surface area contributed by atoms with Crippen LogP contribution in [0, 0.1) is 5.92 Å². The van der Waals surface area contributed by atoms with Gasteiger partial charge in [-0.25, -0.2) is 4.79 Å². The van der Waals surface area contributed by atoms with E-state index in [1.54, 1.807) is 6.92 Å². The minimum absolute atomic E-state index is 0.0771. The second kappa shape index (κ2) is 7.11. The number of carboxylic acids is 1. The third kappa shape index (κ3) is 5.85. The number of nitrogens with one attached hydrogen (secondary N) is 2. The quantitative estimate of drug-likeness (QED) is 0.779. The number of carbonyl (C=O) groups is 2. The monoisotopic (exact) mass is 292 g/mol. The molecule has 2 amide bonds. The van der Waals surface area contributed by atoms with Gasteiger partial charge in [0.2, 0.25) is 0 Å². The van der Waals surface area contributed by atoms with Crippen LogP contribution in [-0.2, 0) is 10.2 Å². The number of carboxylic acid groups (broad SMARTS) is 1. The van der Waals surface area contributed by atoms with E-state index in [4.69, 9.17) is 5.11 Å². The number of urea groups is 1. The van der Waals surface area contributed by atoms with Gasteiger partial charge in [-0.2, -0.15) is 0 Å². The van der Waals surface area contributed by atoms with Crippen molar-refractivity contribution < 1.29 is 14.7 Å². The Bertz CT molecular complexity index is 489. The highest BCUT2D eigenvalue weighted by Crippen LogP contribution is 2.23. The lowest BCUT2D eigenvalue weighted by molar-refractivity contribution is -0.141. The van der Waals surface area contributed by atoms with Crippen molar-refractivity contribution in [3.05, 3.63) is 29.8 Å². The number of amides is 2. The summed E-state index contributed by atoms with van der Waals surface area (Å²) in [6.07, 6.45) is 0.408. The van der Waals surface area contributed by atoms with Crippen molar-refractivity contribution in [1.29, 1.82) is 0 Å². The summed E-state index contributed by atoms with van der Waals surface area (Å²) in [5, 5.41) is 14.1. The Kier molecular flexibility index (Phi) is 5.76. The molecule has 0 radical (unpaired) electrons. The van der Waals surface area contributed by atoms with Crippen LogP contribution in [0.15, 0.2) is 24.3 Å². The maximum absolute atomic E-state index is 11.7. The molecule has 0 aliphatic heterocycles. The van der Waals surface area contributed by atoms with Crippen molar-refractivity contribution in [2.24, 2.45) is 5.92 Å². The third-order valence-corrected chi connectivity index (χ3v) is 3.29. The fourth-order valence-corrected chi connectivity index (χ4v) is 1.75. The Morgan fingerprint density at radius 3 is 2.24 bits per heavy atom. The first-order valence-electron chi connectivity index (χ1n) is 7.08. The molecule has 21 heavy (non-hydrogen) atoms. The van der Waals surface area contributed by atoms with Gasteiger partial charge in [-0.05, 0) is 29.5 Å². The van der Waals surface area contributed by atoms with Crippen molar-refractivity contribution >= 4 is 17.7 Å². The molecule has 0 saturated carbocycles. The first kappa shape index (κ1) is 17.0. The molecule has 0 saturated heterocycles. The van der Waals surface area contributed by atoms with Crippen LogP contribution in [0.1, 0.15) is 39.7 Å². The molecule has 1 aromatic carbocycles. The molecule has 0 spiro atoms. The van der Waals surface area contributed by atoms with Crippen molar-refractivity contribution in [1.82, 2.24) is 5.32 Å². The van der Waals surface area contributed by atoms with Gasteiger partial charge in [0.1, 0.15) is 0 Å². The Balaban J connectivity index is 2.43. The average molecular weight is 292 g/mol. The SMILES string of the molecule is CC(CCNC(=O)Nc1ccc(C(C)(C)C)cc1)C(=O)O. The van der Waals surface area contributed by atoms with Gasteiger partial charge in [-0.3, -0.25) is 4.79 Å². The van der Waals surface area contributed by atoms with E-state index >= 15 is 0 Å². The first-order valence-corrected chi connectivity index (χ1v) is 7.08. The van der Waals surface area contributed by atoms with Gasteiger partial charge in [-0.1, -0.05) is 39.8 Å². The second-order valence-electron chi connectivity index (χ2n) is 6.24. The van der Waals surface area contributed by atoms with Gasteiger partial charge >= 0.3 is 12.0 Å². The van der Waals surface area contributed by atoms with E-state index < -0.39 is 11.9 Å². The van der Waals surface area contributed by atoms with Crippen LogP contribution in [-0.4, -0.2) is 23.7 Å². The van der Waals surface area contributed by atoms with Gasteiger partial charge in [0, 0.05) is 12.2 Å². The van der Waals surface area contributed by atoms with Crippen LogP contribution >= 0.6 is 0 Å². The highest BCUT2D eigenvalue weighted by molar-refractivity contribution is 5.89. The van der Waals surface area contributed by atoms with Gasteiger partial charge < -0.3 is 15.7 Å². The molecule has 1 atom stereocenters. The summed E-state index contributed by atoms with van der Waals surface area (Å²) < 4.78 is 0. The van der Waals surface area contributed by atoms with Gasteiger partial charge in [0.25, 0.3) is 0 Å². The fourth-order valence-electron chi connectivity index (χ4n) is 1.75. The molecule has 3 N–H and O–H groups in total. The van der Waals surface area contributed by atoms with E-state index in [-0.39, 0.29) is 11.4 Å². The molecular formula is C16H24N2O3. The van der Waals surface area contributed by atoms with E-state index in [1.165, 1.54) is 5.56 Å². The number of hydrogen-bond donors (Lipinski definition) is 3. The van der Waals surface area contributed by atoms with Crippen LogP contribution in [0.25, 0.3) is 0 Å². The number of hydrogen-bond acceptors (Lipinski definition) is 2. The summed E-state index contributed by atoms with van der Waals surface area (Å²) >= 11 is 0. The average Bonchev–Trinajstić information content (AvgIpc) is 2.38. The number of anilines is 1. The van der Waals surface area contributed by atoms with Crippen LogP contribution in [0.4, 0.5) is 10.5 Å². The van der Waals surface area contributed by atoms with E-state index in [0.29, 0.717) is 18.7 Å². The molecule has 5 nitrogen and oxygen atoms in total. The minimum Gasteiger partial charge on any atom is -0.481 e. The Morgan fingerprint density at radius 2 is 1.76 bits per heavy atom. The van der Waals surface area contributed by atoms with Gasteiger partial charge in [0.05, 0.1) is 5.92 Å². The molecule has 5 heteroatoms. The standard InChI is InChI=1S/C16H24N2O3/c1-11(14(19)20)9-10-17-15(21)18-13-7-5-12(6-8-13)16(2,3)4/h5-8,11H,9-10H2,1-4H3,(H,19,20)(H2,17,18,21). The summed E-state index contributed by atoms with van der Waals surface area (Å²) in [5.41, 5.74) is 1.99. The molecular weight excluding hydrogens is 268 g/mol. The van der Waals surface area contributed by atoms with Crippen molar-refractivity contribution in [2.75, 3.05) is 11.9 Å². The van der Waals surface area contributed by atoms with E-state index in [0.717, 1.165) is 0 Å². The summed E-state index contributed by atoms with van der Waals surface area (Å²) in [4.78, 5) is 22.3. The zero-order valence-corrected chi connectivity index (χ0v) is 13.1. The number of benzene rings is 1. The second-order valence-corrected chi connectivity index (χ2v) is 6.24. The van der Waals surface area contributed by atoms with Crippen LogP contribution in [0.3, 0.4) is 0 Å². The van der Waals surface area contributed by atoms with Crippen LogP contribution < -0.4 is 10.6 Å². The van der Waals surface area contributed by atoms with Crippen LogP contribution in [0.2, 0.25) is 0 Å². The normalized spacial score (nSPS) is 12.6. The Hall–Kier alpha value is -2.04. The number of aliphatic carboxylic acids is 1. The largest absolute Gasteiger partial charge is 0.481 e. The van der Waals surface area contributed by atoms with Crippen LogP contribution in [0.5, 0.6) is 0 Å². The first-order chi connectivity index (χ1) is 9.70. The highest BCUT2D eigenvalue weighted by atomic mass is 16.4. The molecule has 0 heterocycles. The number of carbonyl (C=O) groups excluding carboxylic acids is 1. The van der Waals surface area contributed by atoms with Crippen molar-refractivity contribution in [2.45, 2.75) is 39.5 Å². The minimum atomic E-state index is -0.852. The summed E-state index contributed by atoms with van der Waals surface area (Å²) in [5.74, 6) is -1.31. The molecule has 0 fully saturated rings. The van der Waals surface area contributed by atoms with Gasteiger partial charge in [-0.15, -0.1) is 0 Å². The predicted octanol–water partition coefficient (Wildman–Crippen LogP) is 3.22. The summed E-state index contributed by atoms with van der Waals surface area (Å²) in [7, 11) is 0. The maximum Gasteiger partial charge on any atom is 0.319 e. The lowest BCUT2D eigenvalue weighted by Crippen LogP contribution is -2.31. The Labute approximate surface area is 125 Å². The van der Waals surface area contributed by atoms with Crippen molar-refractivity contribution in [3.8, 4) is 0 Å². The zero-order valence-electron chi connectivity index (χ0n) is 13.1. The lowest BCUT2D eigenvalue weighted by Gasteiger charge is -2.19. The van der Waals surface area contributed by atoms with E-state index in [1.807, 2.05) is 24.3 Å². The molecule has 0 aliphatic rings. The Morgan fingerprint density at radius 1 is 1.19 bits per heavy atom.